The number of imidazole rings is 1. The van der Waals surface area contributed by atoms with E-state index in [4.69, 9.17) is 0 Å². The van der Waals surface area contributed by atoms with Gasteiger partial charge in [0.05, 0.1) is 17.1 Å². The smallest absolute Gasteiger partial charge is 0.251 e. The van der Waals surface area contributed by atoms with E-state index in [1.165, 1.54) is 5.56 Å². The Kier molecular flexibility index (Phi) is 5.98. The molecule has 0 aliphatic carbocycles. The summed E-state index contributed by atoms with van der Waals surface area (Å²) >= 11 is 0. The van der Waals surface area contributed by atoms with Gasteiger partial charge in [0, 0.05) is 12.1 Å². The number of rotatable bonds is 5. The topological polar surface area (TPSA) is 67.2 Å². The minimum atomic E-state index is -0.121. The SMILES string of the molecule is Cc1nc2cc(C(=O)N[C@@H](C)c3ccc(C(C)(C)C)cc3)ccc2n1Cc1cccc(O)c1. The summed E-state index contributed by atoms with van der Waals surface area (Å²) in [7, 11) is 0. The lowest BCUT2D eigenvalue weighted by molar-refractivity contribution is 0.0940. The van der Waals surface area contributed by atoms with Crippen LogP contribution in [0.3, 0.4) is 0 Å². The molecule has 2 N–H and O–H groups in total. The Labute approximate surface area is 195 Å². The minimum Gasteiger partial charge on any atom is -0.508 e. The van der Waals surface area contributed by atoms with Gasteiger partial charge in [0.1, 0.15) is 11.6 Å². The lowest BCUT2D eigenvalue weighted by Gasteiger charge is -2.20. The fraction of sp³-hybridized carbons (Fsp3) is 0.286. The van der Waals surface area contributed by atoms with Crippen molar-refractivity contribution in [2.24, 2.45) is 0 Å². The van der Waals surface area contributed by atoms with Gasteiger partial charge in [-0.15, -0.1) is 0 Å². The molecular weight excluding hydrogens is 410 g/mol. The van der Waals surface area contributed by atoms with Crippen molar-refractivity contribution in [2.75, 3.05) is 0 Å². The molecule has 33 heavy (non-hydrogen) atoms. The summed E-state index contributed by atoms with van der Waals surface area (Å²) < 4.78 is 2.09. The molecule has 0 aliphatic heterocycles. The maximum absolute atomic E-state index is 12.9. The molecule has 1 atom stereocenters. The molecule has 0 saturated heterocycles. The Morgan fingerprint density at radius 1 is 1.06 bits per heavy atom. The highest BCUT2D eigenvalue weighted by Crippen LogP contribution is 2.25. The van der Waals surface area contributed by atoms with Crippen molar-refractivity contribution in [1.82, 2.24) is 14.9 Å². The largest absolute Gasteiger partial charge is 0.508 e. The third-order valence-corrected chi connectivity index (χ3v) is 6.08. The standard InChI is InChI=1S/C28H31N3O2/c1-18(21-9-12-23(13-10-21)28(3,4)5)29-27(33)22-11-14-26-25(16-22)30-19(2)31(26)17-20-7-6-8-24(32)15-20/h6-16,18,32H,17H2,1-5H3,(H,29,33)/t18-/m0/s1. The number of fused-ring (bicyclic) bond motifs is 1. The van der Waals surface area contributed by atoms with E-state index < -0.39 is 0 Å². The summed E-state index contributed by atoms with van der Waals surface area (Å²) in [6.45, 7) is 11.1. The van der Waals surface area contributed by atoms with Crippen LogP contribution in [0.5, 0.6) is 5.75 Å². The maximum atomic E-state index is 12.9. The summed E-state index contributed by atoms with van der Waals surface area (Å²) in [4.78, 5) is 17.6. The van der Waals surface area contributed by atoms with Gasteiger partial charge < -0.3 is 15.0 Å². The van der Waals surface area contributed by atoms with Crippen molar-refractivity contribution in [3.63, 3.8) is 0 Å². The molecule has 0 bridgehead atoms. The van der Waals surface area contributed by atoms with Crippen LogP contribution in [0.25, 0.3) is 11.0 Å². The van der Waals surface area contributed by atoms with Gasteiger partial charge in [-0.1, -0.05) is 57.2 Å². The number of aromatic hydroxyl groups is 1. The normalized spacial score (nSPS) is 12.6. The predicted octanol–water partition coefficient (Wildman–Crippen LogP) is 5.89. The first-order chi connectivity index (χ1) is 15.6. The van der Waals surface area contributed by atoms with Crippen LogP contribution in [-0.2, 0) is 12.0 Å². The fourth-order valence-corrected chi connectivity index (χ4v) is 4.06. The molecule has 3 aromatic carbocycles. The predicted molar refractivity (Wildman–Crippen MR) is 133 cm³/mol. The zero-order valence-electron chi connectivity index (χ0n) is 19.9. The van der Waals surface area contributed by atoms with Crippen LogP contribution in [0, 0.1) is 6.92 Å². The summed E-state index contributed by atoms with van der Waals surface area (Å²) in [5.74, 6) is 0.985. The zero-order chi connectivity index (χ0) is 23.8. The first-order valence-corrected chi connectivity index (χ1v) is 11.3. The quantitative estimate of drug-likeness (QED) is 0.406. The molecule has 0 radical (unpaired) electrons. The second-order valence-corrected chi connectivity index (χ2v) is 9.69. The van der Waals surface area contributed by atoms with Gasteiger partial charge in [-0.3, -0.25) is 4.79 Å². The highest BCUT2D eigenvalue weighted by molar-refractivity contribution is 5.97. The van der Waals surface area contributed by atoms with E-state index in [2.05, 4.69) is 59.9 Å². The van der Waals surface area contributed by atoms with Gasteiger partial charge in [-0.05, 0) is 66.3 Å². The third-order valence-electron chi connectivity index (χ3n) is 6.08. The molecule has 4 rings (SSSR count). The van der Waals surface area contributed by atoms with Crippen LogP contribution in [0.1, 0.15) is 66.6 Å². The number of hydrogen-bond acceptors (Lipinski definition) is 3. The minimum absolute atomic E-state index is 0.100. The number of aromatic nitrogens is 2. The monoisotopic (exact) mass is 441 g/mol. The van der Waals surface area contributed by atoms with Gasteiger partial charge in [0.15, 0.2) is 0 Å². The molecule has 4 aromatic rings. The molecule has 1 aromatic heterocycles. The molecule has 0 saturated carbocycles. The first-order valence-electron chi connectivity index (χ1n) is 11.3. The van der Waals surface area contributed by atoms with E-state index in [1.807, 2.05) is 44.2 Å². The Morgan fingerprint density at radius 2 is 1.79 bits per heavy atom. The van der Waals surface area contributed by atoms with Gasteiger partial charge in [0.2, 0.25) is 0 Å². The number of nitrogens with zero attached hydrogens (tertiary/aromatic N) is 2. The Morgan fingerprint density at radius 3 is 2.45 bits per heavy atom. The fourth-order valence-electron chi connectivity index (χ4n) is 4.06. The second kappa shape index (κ2) is 8.74. The van der Waals surface area contributed by atoms with Gasteiger partial charge in [0.25, 0.3) is 5.91 Å². The van der Waals surface area contributed by atoms with Gasteiger partial charge >= 0.3 is 0 Å². The number of carbonyl (C=O) groups excluding carboxylic acids is 1. The molecule has 0 unspecified atom stereocenters. The van der Waals surface area contributed by atoms with Crippen molar-refractivity contribution in [1.29, 1.82) is 0 Å². The lowest BCUT2D eigenvalue weighted by Crippen LogP contribution is -2.26. The maximum Gasteiger partial charge on any atom is 0.251 e. The van der Waals surface area contributed by atoms with Crippen molar-refractivity contribution in [2.45, 2.75) is 52.6 Å². The molecule has 5 heteroatoms. The second-order valence-electron chi connectivity index (χ2n) is 9.69. The Balaban J connectivity index is 1.52. The van der Waals surface area contributed by atoms with E-state index >= 15 is 0 Å². The molecule has 1 amide bonds. The van der Waals surface area contributed by atoms with Crippen LogP contribution in [-0.4, -0.2) is 20.6 Å². The third kappa shape index (κ3) is 4.92. The molecule has 0 fully saturated rings. The molecule has 0 aliphatic rings. The number of phenolic OH excluding ortho intramolecular Hbond substituents is 1. The highest BCUT2D eigenvalue weighted by atomic mass is 16.3. The van der Waals surface area contributed by atoms with Gasteiger partial charge in [-0.25, -0.2) is 4.98 Å². The summed E-state index contributed by atoms with van der Waals surface area (Å²) in [6.07, 6.45) is 0. The lowest BCUT2D eigenvalue weighted by atomic mass is 9.86. The zero-order valence-corrected chi connectivity index (χ0v) is 19.9. The van der Waals surface area contributed by atoms with Crippen LogP contribution < -0.4 is 5.32 Å². The van der Waals surface area contributed by atoms with Crippen LogP contribution in [0.4, 0.5) is 0 Å². The summed E-state index contributed by atoms with van der Waals surface area (Å²) in [5, 5.41) is 12.9. The summed E-state index contributed by atoms with van der Waals surface area (Å²) in [6, 6.07) is 21.2. The number of carbonyl (C=O) groups is 1. The highest BCUT2D eigenvalue weighted by Gasteiger charge is 2.17. The molecule has 1 heterocycles. The molecular formula is C28H31N3O2. The number of aryl methyl sites for hydroxylation is 1. The van der Waals surface area contributed by atoms with Crippen molar-refractivity contribution in [3.8, 4) is 5.75 Å². The van der Waals surface area contributed by atoms with Crippen molar-refractivity contribution in [3.05, 3.63) is 94.8 Å². The number of amides is 1. The van der Waals surface area contributed by atoms with Crippen LogP contribution >= 0.6 is 0 Å². The molecule has 5 nitrogen and oxygen atoms in total. The Bertz CT molecular complexity index is 1300. The average Bonchev–Trinajstić information content (AvgIpc) is 3.07. The number of phenols is 1. The molecule has 0 spiro atoms. The first kappa shape index (κ1) is 22.6. The average molecular weight is 442 g/mol. The van der Waals surface area contributed by atoms with E-state index in [0.29, 0.717) is 12.1 Å². The van der Waals surface area contributed by atoms with Crippen LogP contribution in [0.15, 0.2) is 66.7 Å². The van der Waals surface area contributed by atoms with E-state index in [1.54, 1.807) is 12.1 Å². The van der Waals surface area contributed by atoms with Crippen LogP contribution in [0.2, 0.25) is 0 Å². The summed E-state index contributed by atoms with van der Waals surface area (Å²) in [5.41, 5.74) is 5.76. The van der Waals surface area contributed by atoms with Crippen molar-refractivity contribution >= 4 is 16.9 Å². The Hall–Kier alpha value is -3.60. The number of benzene rings is 3. The van der Waals surface area contributed by atoms with E-state index in [-0.39, 0.29) is 23.1 Å². The van der Waals surface area contributed by atoms with E-state index in [0.717, 1.165) is 28.0 Å². The van der Waals surface area contributed by atoms with Crippen molar-refractivity contribution < 1.29 is 9.90 Å². The number of hydrogen-bond donors (Lipinski definition) is 2. The van der Waals surface area contributed by atoms with E-state index in [9.17, 15) is 9.90 Å². The number of nitrogens with one attached hydrogen (secondary N) is 1. The van der Waals surface area contributed by atoms with Gasteiger partial charge in [-0.2, -0.15) is 0 Å². The molecule has 170 valence electrons.